The Morgan fingerprint density at radius 2 is 1.70 bits per heavy atom. The first kappa shape index (κ1) is 18.3. The van der Waals surface area contributed by atoms with Crippen LogP contribution < -0.4 is 10.6 Å². The number of aromatic nitrogens is 2. The van der Waals surface area contributed by atoms with Crippen LogP contribution in [0.15, 0.2) is 60.9 Å². The topological polar surface area (TPSA) is 84.0 Å². The van der Waals surface area contributed by atoms with Crippen molar-refractivity contribution >= 4 is 23.2 Å². The molecule has 0 fully saturated rings. The number of hydrogen-bond acceptors (Lipinski definition) is 5. The minimum atomic E-state index is -0.275. The van der Waals surface area contributed by atoms with E-state index in [0.717, 1.165) is 16.8 Å². The van der Waals surface area contributed by atoms with Crippen LogP contribution in [0.3, 0.4) is 0 Å². The molecule has 0 radical (unpaired) electrons. The molecule has 0 aliphatic carbocycles. The number of rotatable bonds is 6. The van der Waals surface area contributed by atoms with Gasteiger partial charge in [0.2, 0.25) is 0 Å². The van der Waals surface area contributed by atoms with E-state index in [4.69, 9.17) is 0 Å². The van der Waals surface area contributed by atoms with Gasteiger partial charge in [-0.3, -0.25) is 9.59 Å². The van der Waals surface area contributed by atoms with Crippen LogP contribution in [0.2, 0.25) is 0 Å². The van der Waals surface area contributed by atoms with Crippen molar-refractivity contribution in [1.29, 1.82) is 0 Å². The van der Waals surface area contributed by atoms with Crippen LogP contribution in [-0.2, 0) is 6.54 Å². The molecule has 0 saturated carbocycles. The van der Waals surface area contributed by atoms with Crippen molar-refractivity contribution in [3.05, 3.63) is 83.3 Å². The number of amides is 1. The molecule has 3 aromatic rings. The predicted molar refractivity (Wildman–Crippen MR) is 104 cm³/mol. The molecule has 6 heteroatoms. The van der Waals surface area contributed by atoms with Gasteiger partial charge in [-0.25, -0.2) is 9.97 Å². The molecule has 136 valence electrons. The molecule has 1 amide bonds. The maximum atomic E-state index is 12.2. The van der Waals surface area contributed by atoms with E-state index in [1.807, 2.05) is 31.2 Å². The molecule has 27 heavy (non-hydrogen) atoms. The Morgan fingerprint density at radius 1 is 0.963 bits per heavy atom. The fourth-order valence-electron chi connectivity index (χ4n) is 2.52. The Morgan fingerprint density at radius 3 is 2.33 bits per heavy atom. The van der Waals surface area contributed by atoms with E-state index in [0.29, 0.717) is 17.9 Å². The summed E-state index contributed by atoms with van der Waals surface area (Å²) in [6.07, 6.45) is 2.93. The summed E-state index contributed by atoms with van der Waals surface area (Å²) in [5.41, 5.74) is 3.87. The lowest BCUT2D eigenvalue weighted by atomic mass is 10.1. The number of Topliss-reactive ketones (excluding diaryl/α,β-unsaturated/α-hetero) is 1. The third kappa shape index (κ3) is 4.76. The maximum absolute atomic E-state index is 12.2. The van der Waals surface area contributed by atoms with Crippen molar-refractivity contribution in [2.45, 2.75) is 20.4 Å². The largest absolute Gasteiger partial charge is 0.347 e. The number of carbonyl (C=O) groups is 2. The lowest BCUT2D eigenvalue weighted by molar-refractivity contribution is 0.0944. The van der Waals surface area contributed by atoms with E-state index in [-0.39, 0.29) is 17.4 Å². The molecule has 0 aliphatic rings. The zero-order valence-electron chi connectivity index (χ0n) is 15.2. The molecule has 1 aromatic heterocycles. The van der Waals surface area contributed by atoms with Crippen molar-refractivity contribution in [2.75, 3.05) is 5.32 Å². The number of nitrogens with one attached hydrogen (secondary N) is 2. The highest BCUT2D eigenvalue weighted by Crippen LogP contribution is 2.15. The summed E-state index contributed by atoms with van der Waals surface area (Å²) in [6, 6.07) is 15.0. The summed E-state index contributed by atoms with van der Waals surface area (Å²) >= 11 is 0. The summed E-state index contributed by atoms with van der Waals surface area (Å²) in [4.78, 5) is 31.9. The van der Waals surface area contributed by atoms with E-state index < -0.39 is 0 Å². The fourth-order valence-corrected chi connectivity index (χ4v) is 2.52. The first-order valence-electron chi connectivity index (χ1n) is 8.56. The minimum absolute atomic E-state index is 0.0161. The third-order valence-electron chi connectivity index (χ3n) is 4.15. The minimum Gasteiger partial charge on any atom is -0.347 e. The van der Waals surface area contributed by atoms with Crippen molar-refractivity contribution in [3.8, 4) is 0 Å². The molecular formula is C21H20N4O2. The van der Waals surface area contributed by atoms with Gasteiger partial charge in [0, 0.05) is 17.8 Å². The van der Waals surface area contributed by atoms with E-state index in [9.17, 15) is 9.59 Å². The first-order valence-corrected chi connectivity index (χ1v) is 8.56. The molecule has 0 aliphatic heterocycles. The number of benzene rings is 2. The Bertz CT molecular complexity index is 951. The highest BCUT2D eigenvalue weighted by Gasteiger charge is 2.09. The summed E-state index contributed by atoms with van der Waals surface area (Å²) in [5.74, 6) is 0.256. The highest BCUT2D eigenvalue weighted by molar-refractivity contribution is 5.94. The lowest BCUT2D eigenvalue weighted by Crippen LogP contribution is -2.24. The smallest absolute Gasteiger partial charge is 0.271 e. The third-order valence-corrected chi connectivity index (χ3v) is 4.15. The molecule has 1 heterocycles. The standard InChI is InChI=1S/C21H20N4O2/c1-14-5-3-4-6-17(14)11-24-21(27)19-12-23-20(13-22-19)25-18-9-7-16(8-10-18)15(2)26/h3-10,12-13H,11H2,1-2H3,(H,23,25)(H,24,27). The van der Waals surface area contributed by atoms with Gasteiger partial charge in [0.15, 0.2) is 5.78 Å². The van der Waals surface area contributed by atoms with Gasteiger partial charge in [-0.2, -0.15) is 0 Å². The summed E-state index contributed by atoms with van der Waals surface area (Å²) < 4.78 is 0. The van der Waals surface area contributed by atoms with Gasteiger partial charge in [0.1, 0.15) is 11.5 Å². The van der Waals surface area contributed by atoms with Crippen LogP contribution in [-0.4, -0.2) is 21.7 Å². The number of nitrogens with zero attached hydrogens (tertiary/aromatic N) is 2. The Balaban J connectivity index is 1.60. The van der Waals surface area contributed by atoms with E-state index >= 15 is 0 Å². The van der Waals surface area contributed by atoms with Crippen LogP contribution in [0, 0.1) is 6.92 Å². The first-order chi connectivity index (χ1) is 13.0. The second-order valence-corrected chi connectivity index (χ2v) is 6.15. The van der Waals surface area contributed by atoms with Crippen molar-refractivity contribution in [2.24, 2.45) is 0 Å². The molecular weight excluding hydrogens is 340 g/mol. The van der Waals surface area contributed by atoms with E-state index in [2.05, 4.69) is 20.6 Å². The number of anilines is 2. The van der Waals surface area contributed by atoms with Gasteiger partial charge < -0.3 is 10.6 Å². The van der Waals surface area contributed by atoms with Gasteiger partial charge in [-0.1, -0.05) is 24.3 Å². The van der Waals surface area contributed by atoms with Gasteiger partial charge in [-0.15, -0.1) is 0 Å². The van der Waals surface area contributed by atoms with Gasteiger partial charge in [0.05, 0.1) is 12.4 Å². The molecule has 0 bridgehead atoms. The quantitative estimate of drug-likeness (QED) is 0.656. The Kier molecular flexibility index (Phi) is 5.56. The molecule has 2 aromatic carbocycles. The molecule has 2 N–H and O–H groups in total. The molecule has 0 unspecified atom stereocenters. The molecule has 0 atom stereocenters. The summed E-state index contributed by atoms with van der Waals surface area (Å²) in [5, 5.41) is 5.93. The van der Waals surface area contributed by atoms with Crippen LogP contribution in [0.5, 0.6) is 0 Å². The van der Waals surface area contributed by atoms with Gasteiger partial charge in [-0.05, 0) is 49.2 Å². The lowest BCUT2D eigenvalue weighted by Gasteiger charge is -2.08. The maximum Gasteiger partial charge on any atom is 0.271 e. The normalized spacial score (nSPS) is 10.3. The van der Waals surface area contributed by atoms with Gasteiger partial charge >= 0.3 is 0 Å². The van der Waals surface area contributed by atoms with Crippen molar-refractivity contribution in [1.82, 2.24) is 15.3 Å². The molecule has 6 nitrogen and oxygen atoms in total. The van der Waals surface area contributed by atoms with Crippen molar-refractivity contribution in [3.63, 3.8) is 0 Å². The van der Waals surface area contributed by atoms with E-state index in [1.54, 1.807) is 24.3 Å². The number of hydrogen-bond donors (Lipinski definition) is 2. The van der Waals surface area contributed by atoms with Crippen LogP contribution in [0.1, 0.15) is 38.9 Å². The Hall–Kier alpha value is -3.54. The van der Waals surface area contributed by atoms with E-state index in [1.165, 1.54) is 19.3 Å². The number of aryl methyl sites for hydroxylation is 1. The van der Waals surface area contributed by atoms with Crippen LogP contribution in [0.25, 0.3) is 0 Å². The number of ketones is 1. The monoisotopic (exact) mass is 360 g/mol. The molecule has 0 spiro atoms. The van der Waals surface area contributed by atoms with Crippen molar-refractivity contribution < 1.29 is 9.59 Å². The van der Waals surface area contributed by atoms with Crippen LogP contribution >= 0.6 is 0 Å². The zero-order chi connectivity index (χ0) is 19.2. The average molecular weight is 360 g/mol. The molecule has 0 saturated heterocycles. The summed E-state index contributed by atoms with van der Waals surface area (Å²) in [7, 11) is 0. The van der Waals surface area contributed by atoms with Gasteiger partial charge in [0.25, 0.3) is 5.91 Å². The zero-order valence-corrected chi connectivity index (χ0v) is 15.2. The summed E-state index contributed by atoms with van der Waals surface area (Å²) in [6.45, 7) is 3.97. The second kappa shape index (κ2) is 8.23. The SMILES string of the molecule is CC(=O)c1ccc(Nc2cnc(C(=O)NCc3ccccc3C)cn2)cc1. The average Bonchev–Trinajstić information content (AvgIpc) is 2.68. The molecule has 3 rings (SSSR count). The number of carbonyl (C=O) groups excluding carboxylic acids is 2. The predicted octanol–water partition coefficient (Wildman–Crippen LogP) is 3.66. The fraction of sp³-hybridized carbons (Fsp3) is 0.143. The Labute approximate surface area is 157 Å². The van der Waals surface area contributed by atoms with Crippen LogP contribution in [0.4, 0.5) is 11.5 Å². The highest BCUT2D eigenvalue weighted by atomic mass is 16.1. The second-order valence-electron chi connectivity index (χ2n) is 6.15.